The van der Waals surface area contributed by atoms with Crippen LogP contribution >= 0.6 is 0 Å². The number of carboxylic acid groups (broad SMARTS) is 1. The Bertz CT molecular complexity index is 623. The highest BCUT2D eigenvalue weighted by atomic mass is 16.5. The van der Waals surface area contributed by atoms with Crippen molar-refractivity contribution in [3.05, 3.63) is 29.2 Å². The summed E-state index contributed by atoms with van der Waals surface area (Å²) in [6, 6.07) is 1.79. The average Bonchev–Trinajstić information content (AvgIpc) is 2.77. The monoisotopic (exact) mass is 279 g/mol. The van der Waals surface area contributed by atoms with Gasteiger partial charge in [0.25, 0.3) is 0 Å². The minimum atomic E-state index is -1.05. The number of carbonyl (C=O) groups is 1. The number of aromatic nitrogens is 3. The number of hydrogen-bond donors (Lipinski definition) is 1. The molecule has 0 aliphatic carbocycles. The van der Waals surface area contributed by atoms with E-state index in [9.17, 15) is 9.90 Å². The van der Waals surface area contributed by atoms with Crippen molar-refractivity contribution >= 4 is 11.6 Å². The molecule has 108 valence electrons. The Morgan fingerprint density at radius 2 is 2.25 bits per heavy atom. The molecule has 0 amide bonds. The maximum absolute atomic E-state index is 11.3. The Labute approximate surface area is 116 Å². The fraction of sp³-hybridized carbons (Fsp3) is 0.462. The second-order valence-corrected chi connectivity index (χ2v) is 4.42. The van der Waals surface area contributed by atoms with Gasteiger partial charge in [-0.2, -0.15) is 5.10 Å². The first kappa shape index (κ1) is 14.4. The molecule has 2 aromatic heterocycles. The van der Waals surface area contributed by atoms with E-state index < -0.39 is 12.1 Å². The van der Waals surface area contributed by atoms with E-state index in [-0.39, 0.29) is 5.56 Å². The number of carboxylic acids is 1. The van der Waals surface area contributed by atoms with Crippen LogP contribution < -0.4 is 0 Å². The number of aryl methyl sites for hydroxylation is 1. The number of fused-ring (bicyclic) bond motifs is 1. The highest BCUT2D eigenvalue weighted by Gasteiger charge is 2.21. The van der Waals surface area contributed by atoms with Gasteiger partial charge in [0.1, 0.15) is 5.56 Å². The van der Waals surface area contributed by atoms with Gasteiger partial charge in [-0.1, -0.05) is 0 Å². The summed E-state index contributed by atoms with van der Waals surface area (Å²) in [5, 5.41) is 13.6. The van der Waals surface area contributed by atoms with Crippen molar-refractivity contribution in [1.82, 2.24) is 14.6 Å². The number of aromatic carboxylic acids is 1. The van der Waals surface area contributed by atoms with Crippen LogP contribution in [0, 0.1) is 6.92 Å². The summed E-state index contributed by atoms with van der Waals surface area (Å²) in [6.45, 7) is 4.43. The molecule has 0 aromatic carbocycles. The standard InChI is InChI=1S/C13H17N3O4/c1-8-6-11-14-7-10(13(17)18)12(16(11)15-8)9(2)20-5-4-19-3/h6-7,9H,4-5H2,1-3H3,(H,17,18)/t9-/m0/s1. The third-order valence-electron chi connectivity index (χ3n) is 2.91. The van der Waals surface area contributed by atoms with Crippen LogP contribution in [0.3, 0.4) is 0 Å². The molecule has 0 saturated carbocycles. The molecule has 2 aromatic rings. The van der Waals surface area contributed by atoms with Gasteiger partial charge in [-0.15, -0.1) is 0 Å². The van der Waals surface area contributed by atoms with Crippen LogP contribution in [0.2, 0.25) is 0 Å². The molecular formula is C13H17N3O4. The number of nitrogens with zero attached hydrogens (tertiary/aromatic N) is 3. The first-order chi connectivity index (χ1) is 9.54. The van der Waals surface area contributed by atoms with E-state index in [1.54, 1.807) is 20.1 Å². The Kier molecular flexibility index (Phi) is 4.31. The van der Waals surface area contributed by atoms with Gasteiger partial charge in [0.2, 0.25) is 0 Å². The Morgan fingerprint density at radius 1 is 1.50 bits per heavy atom. The van der Waals surface area contributed by atoms with Crippen molar-refractivity contribution in [2.75, 3.05) is 20.3 Å². The van der Waals surface area contributed by atoms with Crippen molar-refractivity contribution in [2.24, 2.45) is 0 Å². The highest BCUT2D eigenvalue weighted by molar-refractivity contribution is 5.89. The van der Waals surface area contributed by atoms with Crippen LogP contribution in [0.5, 0.6) is 0 Å². The van der Waals surface area contributed by atoms with Crippen LogP contribution in [0.15, 0.2) is 12.3 Å². The molecule has 0 aliphatic heterocycles. The maximum Gasteiger partial charge on any atom is 0.339 e. The van der Waals surface area contributed by atoms with Gasteiger partial charge in [-0.25, -0.2) is 14.3 Å². The lowest BCUT2D eigenvalue weighted by molar-refractivity contribution is 0.0215. The summed E-state index contributed by atoms with van der Waals surface area (Å²) in [7, 11) is 1.58. The minimum Gasteiger partial charge on any atom is -0.478 e. The largest absolute Gasteiger partial charge is 0.478 e. The van der Waals surface area contributed by atoms with E-state index in [0.29, 0.717) is 24.6 Å². The quantitative estimate of drug-likeness (QED) is 0.806. The Morgan fingerprint density at radius 3 is 2.90 bits per heavy atom. The Balaban J connectivity index is 2.46. The van der Waals surface area contributed by atoms with Gasteiger partial charge in [0, 0.05) is 19.4 Å². The zero-order valence-electron chi connectivity index (χ0n) is 11.7. The second kappa shape index (κ2) is 5.98. The smallest absolute Gasteiger partial charge is 0.339 e. The van der Waals surface area contributed by atoms with Gasteiger partial charge < -0.3 is 14.6 Å². The van der Waals surface area contributed by atoms with Crippen molar-refractivity contribution in [2.45, 2.75) is 20.0 Å². The van der Waals surface area contributed by atoms with Crippen LogP contribution in [-0.2, 0) is 9.47 Å². The molecule has 0 fully saturated rings. The molecule has 0 aliphatic rings. The van der Waals surface area contributed by atoms with Gasteiger partial charge in [0.15, 0.2) is 5.65 Å². The van der Waals surface area contributed by atoms with E-state index in [0.717, 1.165) is 5.69 Å². The molecule has 2 rings (SSSR count). The van der Waals surface area contributed by atoms with Crippen molar-refractivity contribution in [3.63, 3.8) is 0 Å². The molecular weight excluding hydrogens is 262 g/mol. The molecule has 7 nitrogen and oxygen atoms in total. The topological polar surface area (TPSA) is 86.0 Å². The van der Waals surface area contributed by atoms with Crippen molar-refractivity contribution in [3.8, 4) is 0 Å². The molecule has 1 atom stereocenters. The Hall–Kier alpha value is -1.99. The summed E-state index contributed by atoms with van der Waals surface area (Å²) in [4.78, 5) is 15.4. The number of ether oxygens (including phenoxy) is 2. The maximum atomic E-state index is 11.3. The predicted octanol–water partition coefficient (Wildman–Crippen LogP) is 1.46. The lowest BCUT2D eigenvalue weighted by Gasteiger charge is -2.16. The first-order valence-electron chi connectivity index (χ1n) is 6.23. The summed E-state index contributed by atoms with van der Waals surface area (Å²) in [5.74, 6) is -1.05. The number of hydrogen-bond acceptors (Lipinski definition) is 5. The zero-order chi connectivity index (χ0) is 14.7. The molecule has 0 unspecified atom stereocenters. The SMILES string of the molecule is COCCO[C@@H](C)c1c(C(=O)O)cnc2cc(C)nn12. The lowest BCUT2D eigenvalue weighted by atomic mass is 10.1. The third kappa shape index (κ3) is 2.78. The van der Waals surface area contributed by atoms with E-state index in [4.69, 9.17) is 9.47 Å². The molecule has 0 bridgehead atoms. The van der Waals surface area contributed by atoms with E-state index in [1.165, 1.54) is 10.7 Å². The average molecular weight is 279 g/mol. The second-order valence-electron chi connectivity index (χ2n) is 4.42. The van der Waals surface area contributed by atoms with E-state index in [1.807, 2.05) is 6.92 Å². The molecule has 7 heteroatoms. The van der Waals surface area contributed by atoms with Crippen molar-refractivity contribution in [1.29, 1.82) is 0 Å². The molecule has 0 spiro atoms. The van der Waals surface area contributed by atoms with Crippen molar-refractivity contribution < 1.29 is 19.4 Å². The predicted molar refractivity (Wildman–Crippen MR) is 70.9 cm³/mol. The highest BCUT2D eigenvalue weighted by Crippen LogP contribution is 2.22. The first-order valence-corrected chi connectivity index (χ1v) is 6.23. The normalized spacial score (nSPS) is 12.8. The summed E-state index contributed by atoms with van der Waals surface area (Å²) < 4.78 is 12.0. The molecule has 2 heterocycles. The molecule has 0 radical (unpaired) electrons. The summed E-state index contributed by atoms with van der Waals surface area (Å²) in [5.41, 5.74) is 1.94. The van der Waals surface area contributed by atoms with Gasteiger partial charge >= 0.3 is 5.97 Å². The summed E-state index contributed by atoms with van der Waals surface area (Å²) >= 11 is 0. The number of methoxy groups -OCH3 is 1. The van der Waals surface area contributed by atoms with Crippen LogP contribution in [0.4, 0.5) is 0 Å². The molecule has 0 saturated heterocycles. The van der Waals surface area contributed by atoms with Crippen LogP contribution in [0.25, 0.3) is 5.65 Å². The fourth-order valence-corrected chi connectivity index (χ4v) is 2.01. The van der Waals surface area contributed by atoms with Crippen LogP contribution in [0.1, 0.15) is 34.8 Å². The van der Waals surface area contributed by atoms with E-state index >= 15 is 0 Å². The third-order valence-corrected chi connectivity index (χ3v) is 2.91. The van der Waals surface area contributed by atoms with Crippen LogP contribution in [-0.4, -0.2) is 46.0 Å². The molecule has 20 heavy (non-hydrogen) atoms. The van der Waals surface area contributed by atoms with E-state index in [2.05, 4.69) is 10.1 Å². The number of rotatable bonds is 6. The zero-order valence-corrected chi connectivity index (χ0v) is 11.7. The minimum absolute atomic E-state index is 0.0884. The summed E-state index contributed by atoms with van der Waals surface area (Å²) in [6.07, 6.45) is 0.908. The van der Waals surface area contributed by atoms with Gasteiger partial charge in [-0.3, -0.25) is 0 Å². The fourth-order valence-electron chi connectivity index (χ4n) is 2.01. The van der Waals surface area contributed by atoms with Gasteiger partial charge in [0.05, 0.1) is 30.7 Å². The van der Waals surface area contributed by atoms with Gasteiger partial charge in [-0.05, 0) is 13.8 Å². The molecule has 1 N–H and O–H groups in total. The lowest BCUT2D eigenvalue weighted by Crippen LogP contribution is -2.16.